The molecule has 0 aromatic carbocycles. The Bertz CT molecular complexity index is 816. The van der Waals surface area contributed by atoms with E-state index in [0.717, 1.165) is 68.2 Å². The van der Waals surface area contributed by atoms with E-state index in [0.29, 0.717) is 17.2 Å². The van der Waals surface area contributed by atoms with Gasteiger partial charge >= 0.3 is 11.9 Å². The van der Waals surface area contributed by atoms with E-state index in [2.05, 4.69) is 5.32 Å². The SMILES string of the molecule is CCCCOC(=O)c1c(NC(=O)[C@@H]2[C@@H]3CC[C@@H](C3)[C@@H]2C(=O)O)sc2c1CCCC2. The Hall–Kier alpha value is -1.89. The molecular formula is C22H29NO5S. The van der Waals surface area contributed by atoms with Crippen LogP contribution in [0.5, 0.6) is 0 Å². The molecule has 2 fully saturated rings. The molecule has 2 bridgehead atoms. The van der Waals surface area contributed by atoms with Crippen LogP contribution in [-0.2, 0) is 27.2 Å². The van der Waals surface area contributed by atoms with Crippen LogP contribution in [0.15, 0.2) is 0 Å². The Morgan fingerprint density at radius 1 is 1.14 bits per heavy atom. The van der Waals surface area contributed by atoms with E-state index in [1.807, 2.05) is 6.92 Å². The number of nitrogens with one attached hydrogen (secondary N) is 1. The number of fused-ring (bicyclic) bond motifs is 3. The zero-order chi connectivity index (χ0) is 20.5. The van der Waals surface area contributed by atoms with Crippen LogP contribution in [0.4, 0.5) is 5.00 Å². The minimum Gasteiger partial charge on any atom is -0.481 e. The number of carbonyl (C=O) groups excluding carboxylic acids is 2. The molecule has 1 heterocycles. The Balaban J connectivity index is 1.58. The van der Waals surface area contributed by atoms with Gasteiger partial charge in [0.1, 0.15) is 5.00 Å². The summed E-state index contributed by atoms with van der Waals surface area (Å²) in [6.07, 6.45) is 8.24. The number of hydrogen-bond donors (Lipinski definition) is 2. The van der Waals surface area contributed by atoms with E-state index in [4.69, 9.17) is 4.74 Å². The van der Waals surface area contributed by atoms with E-state index < -0.39 is 17.8 Å². The molecule has 158 valence electrons. The number of anilines is 1. The number of ether oxygens (including phenoxy) is 1. The highest BCUT2D eigenvalue weighted by atomic mass is 32.1. The zero-order valence-electron chi connectivity index (χ0n) is 16.9. The van der Waals surface area contributed by atoms with Crippen LogP contribution in [0.3, 0.4) is 0 Å². The van der Waals surface area contributed by atoms with Crippen LogP contribution < -0.4 is 5.32 Å². The summed E-state index contributed by atoms with van der Waals surface area (Å²) < 4.78 is 5.47. The lowest BCUT2D eigenvalue weighted by molar-refractivity contribution is -0.148. The van der Waals surface area contributed by atoms with Crippen LogP contribution in [0.2, 0.25) is 0 Å². The van der Waals surface area contributed by atoms with Gasteiger partial charge in [-0.1, -0.05) is 13.3 Å². The number of hydrogen-bond acceptors (Lipinski definition) is 5. The monoisotopic (exact) mass is 419 g/mol. The molecular weight excluding hydrogens is 390 g/mol. The molecule has 3 aliphatic carbocycles. The van der Waals surface area contributed by atoms with Crippen molar-refractivity contribution in [3.63, 3.8) is 0 Å². The standard InChI is InChI=1S/C22H29NO5S/c1-2-3-10-28-22(27)18-14-6-4-5-7-15(14)29-20(18)23-19(24)16-12-8-9-13(11-12)17(16)21(25)26/h12-13,16-17H,2-11H2,1H3,(H,23,24)(H,25,26)/t12-,13+,16-,17+/m1/s1. The average molecular weight is 420 g/mol. The molecule has 6 nitrogen and oxygen atoms in total. The molecule has 0 aliphatic heterocycles. The fourth-order valence-electron chi connectivity index (χ4n) is 5.47. The number of aliphatic carboxylic acids is 1. The predicted octanol–water partition coefficient (Wildman–Crippen LogP) is 4.27. The number of esters is 1. The highest BCUT2D eigenvalue weighted by Crippen LogP contribution is 2.53. The first-order chi connectivity index (χ1) is 14.0. The molecule has 2 saturated carbocycles. The smallest absolute Gasteiger partial charge is 0.341 e. The van der Waals surface area contributed by atoms with Gasteiger partial charge in [0.25, 0.3) is 0 Å². The van der Waals surface area contributed by atoms with Gasteiger partial charge in [-0.05, 0) is 68.8 Å². The molecule has 3 aliphatic rings. The van der Waals surface area contributed by atoms with E-state index in [1.165, 1.54) is 11.3 Å². The summed E-state index contributed by atoms with van der Waals surface area (Å²) in [6, 6.07) is 0. The number of thiophene rings is 1. The van der Waals surface area contributed by atoms with Crippen LogP contribution in [0, 0.1) is 23.7 Å². The number of aryl methyl sites for hydroxylation is 1. The minimum absolute atomic E-state index is 0.100. The van der Waals surface area contributed by atoms with Crippen molar-refractivity contribution in [1.29, 1.82) is 0 Å². The van der Waals surface area contributed by atoms with Gasteiger partial charge in [-0.3, -0.25) is 9.59 Å². The summed E-state index contributed by atoms with van der Waals surface area (Å²) in [5.41, 5.74) is 1.52. The van der Waals surface area contributed by atoms with Crippen molar-refractivity contribution in [1.82, 2.24) is 0 Å². The Labute approximate surface area is 175 Å². The topological polar surface area (TPSA) is 92.7 Å². The Morgan fingerprint density at radius 2 is 1.86 bits per heavy atom. The molecule has 1 aromatic rings. The molecule has 0 spiro atoms. The van der Waals surface area contributed by atoms with E-state index >= 15 is 0 Å². The lowest BCUT2D eigenvalue weighted by Crippen LogP contribution is -2.38. The fraction of sp³-hybridized carbons (Fsp3) is 0.682. The predicted molar refractivity (Wildman–Crippen MR) is 110 cm³/mol. The van der Waals surface area contributed by atoms with Gasteiger partial charge in [-0.25, -0.2) is 4.79 Å². The second-order valence-corrected chi connectivity index (χ2v) is 9.72. The van der Waals surface area contributed by atoms with E-state index in [1.54, 1.807) is 0 Å². The molecule has 0 radical (unpaired) electrons. The van der Waals surface area contributed by atoms with Crippen LogP contribution >= 0.6 is 11.3 Å². The van der Waals surface area contributed by atoms with Crippen molar-refractivity contribution < 1.29 is 24.2 Å². The maximum Gasteiger partial charge on any atom is 0.341 e. The first-order valence-corrected chi connectivity index (χ1v) is 11.7. The van der Waals surface area contributed by atoms with Crippen LogP contribution in [0.1, 0.15) is 72.7 Å². The molecule has 2 N–H and O–H groups in total. The van der Waals surface area contributed by atoms with Gasteiger partial charge in [0, 0.05) is 4.88 Å². The number of carboxylic acids is 1. The molecule has 1 aromatic heterocycles. The van der Waals surface area contributed by atoms with Gasteiger partial charge in [-0.15, -0.1) is 11.3 Å². The summed E-state index contributed by atoms with van der Waals surface area (Å²) in [5.74, 6) is -2.36. The first-order valence-electron chi connectivity index (χ1n) is 10.9. The minimum atomic E-state index is -0.873. The second kappa shape index (κ2) is 8.46. The Morgan fingerprint density at radius 3 is 2.59 bits per heavy atom. The van der Waals surface area contributed by atoms with Crippen LogP contribution in [0.25, 0.3) is 0 Å². The number of rotatable bonds is 7. The number of unbranched alkanes of at least 4 members (excludes halogenated alkanes) is 1. The highest BCUT2D eigenvalue weighted by molar-refractivity contribution is 7.17. The van der Waals surface area contributed by atoms with Crippen molar-refractivity contribution in [3.05, 3.63) is 16.0 Å². The van der Waals surface area contributed by atoms with Crippen LogP contribution in [-0.4, -0.2) is 29.6 Å². The van der Waals surface area contributed by atoms with Gasteiger partial charge in [0.15, 0.2) is 0 Å². The highest BCUT2D eigenvalue weighted by Gasteiger charge is 2.54. The third-order valence-corrected chi connectivity index (χ3v) is 8.05. The van der Waals surface area contributed by atoms with E-state index in [9.17, 15) is 19.5 Å². The number of carboxylic acid groups (broad SMARTS) is 1. The van der Waals surface area contributed by atoms with Crippen molar-refractivity contribution in [2.75, 3.05) is 11.9 Å². The Kier molecular flexibility index (Phi) is 5.95. The molecule has 0 saturated heterocycles. The fourth-order valence-corrected chi connectivity index (χ4v) is 6.75. The zero-order valence-corrected chi connectivity index (χ0v) is 17.7. The summed E-state index contributed by atoms with van der Waals surface area (Å²) in [4.78, 5) is 38.9. The molecule has 4 atom stereocenters. The quantitative estimate of drug-likeness (QED) is 0.509. The average Bonchev–Trinajstić information content (AvgIpc) is 3.40. The maximum atomic E-state index is 13.1. The summed E-state index contributed by atoms with van der Waals surface area (Å²) in [7, 11) is 0. The van der Waals surface area contributed by atoms with Gasteiger partial charge in [-0.2, -0.15) is 0 Å². The molecule has 29 heavy (non-hydrogen) atoms. The van der Waals surface area contributed by atoms with Crippen molar-refractivity contribution in [2.24, 2.45) is 23.7 Å². The second-order valence-electron chi connectivity index (χ2n) is 8.62. The van der Waals surface area contributed by atoms with Gasteiger partial charge < -0.3 is 15.2 Å². The summed E-state index contributed by atoms with van der Waals surface area (Å²) >= 11 is 1.47. The number of carbonyl (C=O) groups is 3. The lowest BCUT2D eigenvalue weighted by Gasteiger charge is -2.27. The van der Waals surface area contributed by atoms with Crippen molar-refractivity contribution in [2.45, 2.75) is 64.7 Å². The summed E-state index contributed by atoms with van der Waals surface area (Å²) in [6.45, 7) is 2.42. The molecule has 4 rings (SSSR count). The summed E-state index contributed by atoms with van der Waals surface area (Å²) in [5, 5.41) is 13.2. The first kappa shape index (κ1) is 20.4. The third-order valence-electron chi connectivity index (χ3n) is 6.85. The molecule has 1 amide bonds. The number of amides is 1. The largest absolute Gasteiger partial charge is 0.481 e. The van der Waals surface area contributed by atoms with Gasteiger partial charge in [0.05, 0.1) is 24.0 Å². The van der Waals surface area contributed by atoms with Gasteiger partial charge in [0.2, 0.25) is 5.91 Å². The third kappa shape index (κ3) is 3.81. The van der Waals surface area contributed by atoms with E-state index in [-0.39, 0.29) is 23.7 Å². The lowest BCUT2D eigenvalue weighted by atomic mass is 9.78. The maximum absolute atomic E-state index is 13.1. The normalized spacial score (nSPS) is 27.5. The van der Waals surface area contributed by atoms with Crippen molar-refractivity contribution in [3.8, 4) is 0 Å². The van der Waals surface area contributed by atoms with Crippen molar-refractivity contribution >= 4 is 34.2 Å². The molecule has 7 heteroatoms. The molecule has 0 unspecified atom stereocenters.